The molecule has 0 saturated heterocycles. The van der Waals surface area contributed by atoms with E-state index in [9.17, 15) is 0 Å². The van der Waals surface area contributed by atoms with Gasteiger partial charge in [-0.15, -0.1) is 0 Å². The first kappa shape index (κ1) is 9.10. The minimum atomic E-state index is 0.741. The molecule has 2 rings (SSSR count). The molecule has 0 bridgehead atoms. The summed E-state index contributed by atoms with van der Waals surface area (Å²) in [6, 6.07) is 9.66. The number of aromatic amines is 1. The molecular formula is C12H10ClN. The van der Waals surface area contributed by atoms with E-state index in [1.165, 1.54) is 0 Å². The van der Waals surface area contributed by atoms with E-state index < -0.39 is 0 Å². The lowest BCUT2D eigenvalue weighted by molar-refractivity contribution is 1.29. The summed E-state index contributed by atoms with van der Waals surface area (Å²) in [6.07, 6.45) is 0. The minimum absolute atomic E-state index is 0.741. The number of nitrogens with one attached hydrogen (secondary N) is 1. The molecule has 2 aromatic rings. The largest absolute Gasteiger partial charge is 0.356 e. The van der Waals surface area contributed by atoms with Crippen molar-refractivity contribution in [2.75, 3.05) is 0 Å². The predicted molar refractivity (Wildman–Crippen MR) is 61.5 cm³/mol. The third kappa shape index (κ3) is 1.59. The lowest BCUT2D eigenvalue weighted by Crippen LogP contribution is -2.06. The Balaban J connectivity index is 2.60. The molecule has 1 nitrogen and oxygen atoms in total. The molecule has 70 valence electrons. The van der Waals surface area contributed by atoms with Crippen LogP contribution in [0.1, 0.15) is 0 Å². The standard InChI is InChI=1S/C12H10ClN/c1-8-7-12(9(2)14-8)10-3-5-11(13)6-4-10/h3-7,14H,1-2H2. The Morgan fingerprint density at radius 2 is 1.71 bits per heavy atom. The number of rotatable bonds is 1. The Labute approximate surface area is 87.4 Å². The fourth-order valence-corrected chi connectivity index (χ4v) is 1.57. The molecule has 0 atom stereocenters. The highest BCUT2D eigenvalue weighted by molar-refractivity contribution is 6.30. The van der Waals surface area contributed by atoms with E-state index in [1.54, 1.807) is 0 Å². The molecule has 1 aromatic carbocycles. The molecule has 0 unspecified atom stereocenters. The summed E-state index contributed by atoms with van der Waals surface area (Å²) in [5.74, 6) is 0. The smallest absolute Gasteiger partial charge is 0.0406 e. The van der Waals surface area contributed by atoms with Gasteiger partial charge in [0.25, 0.3) is 0 Å². The molecule has 1 N–H and O–H groups in total. The average molecular weight is 204 g/mol. The maximum atomic E-state index is 5.81. The maximum Gasteiger partial charge on any atom is 0.0406 e. The molecule has 0 aliphatic rings. The van der Waals surface area contributed by atoms with Gasteiger partial charge in [-0.05, 0) is 23.8 Å². The minimum Gasteiger partial charge on any atom is -0.356 e. The van der Waals surface area contributed by atoms with Crippen LogP contribution in [0.25, 0.3) is 24.3 Å². The quantitative estimate of drug-likeness (QED) is 0.731. The summed E-state index contributed by atoms with van der Waals surface area (Å²) in [5, 5.41) is 2.50. The van der Waals surface area contributed by atoms with Gasteiger partial charge in [0.2, 0.25) is 0 Å². The molecule has 0 radical (unpaired) electrons. The molecule has 1 aromatic heterocycles. The lowest BCUT2D eigenvalue weighted by atomic mass is 10.1. The van der Waals surface area contributed by atoms with E-state index in [0.29, 0.717) is 0 Å². The summed E-state index contributed by atoms with van der Waals surface area (Å²) >= 11 is 5.81. The van der Waals surface area contributed by atoms with E-state index in [4.69, 9.17) is 11.6 Å². The highest BCUT2D eigenvalue weighted by Crippen LogP contribution is 2.16. The van der Waals surface area contributed by atoms with Gasteiger partial charge in [-0.1, -0.05) is 36.9 Å². The van der Waals surface area contributed by atoms with Gasteiger partial charge in [0, 0.05) is 21.3 Å². The van der Waals surface area contributed by atoms with Gasteiger partial charge < -0.3 is 4.98 Å². The zero-order chi connectivity index (χ0) is 10.1. The Hall–Kier alpha value is -1.47. The van der Waals surface area contributed by atoms with E-state index in [2.05, 4.69) is 18.1 Å². The van der Waals surface area contributed by atoms with Crippen LogP contribution in [0.5, 0.6) is 0 Å². The number of aromatic nitrogens is 1. The van der Waals surface area contributed by atoms with E-state index in [0.717, 1.165) is 26.8 Å². The molecular weight excluding hydrogens is 194 g/mol. The zero-order valence-electron chi connectivity index (χ0n) is 7.68. The molecule has 0 saturated carbocycles. The van der Waals surface area contributed by atoms with Crippen LogP contribution in [0.4, 0.5) is 0 Å². The van der Waals surface area contributed by atoms with Crippen molar-refractivity contribution < 1.29 is 0 Å². The van der Waals surface area contributed by atoms with Crippen LogP contribution in [0, 0.1) is 0 Å². The average Bonchev–Trinajstić information content (AvgIpc) is 2.47. The second-order valence-electron chi connectivity index (χ2n) is 3.19. The summed E-state index contributed by atoms with van der Waals surface area (Å²) in [5.41, 5.74) is 2.18. The number of hydrogen-bond donors (Lipinski definition) is 1. The summed E-state index contributed by atoms with van der Waals surface area (Å²) in [7, 11) is 0. The first-order valence-corrected chi connectivity index (χ1v) is 4.67. The lowest BCUT2D eigenvalue weighted by Gasteiger charge is -1.97. The number of H-pyrrole nitrogens is 1. The number of benzene rings is 1. The summed E-state index contributed by atoms with van der Waals surface area (Å²) in [4.78, 5) is 3.07. The Kier molecular flexibility index (Phi) is 2.18. The molecule has 1 heterocycles. The van der Waals surface area contributed by atoms with Gasteiger partial charge in [0.05, 0.1) is 0 Å². The fourth-order valence-electron chi connectivity index (χ4n) is 1.45. The fraction of sp³-hybridized carbons (Fsp3) is 0. The Morgan fingerprint density at radius 1 is 1.07 bits per heavy atom. The van der Waals surface area contributed by atoms with E-state index in [-0.39, 0.29) is 0 Å². The molecule has 0 aliphatic heterocycles. The van der Waals surface area contributed by atoms with Crippen LogP contribution in [-0.4, -0.2) is 4.98 Å². The topological polar surface area (TPSA) is 15.8 Å². The van der Waals surface area contributed by atoms with Crippen molar-refractivity contribution in [3.8, 4) is 11.1 Å². The molecule has 0 fully saturated rings. The Morgan fingerprint density at radius 3 is 2.21 bits per heavy atom. The SMILES string of the molecule is C=c1cc(-c2ccc(Cl)cc2)c(=C)[nH]1. The highest BCUT2D eigenvalue weighted by Gasteiger charge is 1.99. The van der Waals surface area contributed by atoms with Crippen LogP contribution in [0.15, 0.2) is 30.3 Å². The summed E-state index contributed by atoms with van der Waals surface area (Å²) in [6.45, 7) is 7.74. The van der Waals surface area contributed by atoms with Crippen molar-refractivity contribution in [1.29, 1.82) is 0 Å². The number of halogens is 1. The second-order valence-corrected chi connectivity index (χ2v) is 3.63. The third-order valence-electron chi connectivity index (χ3n) is 2.11. The summed E-state index contributed by atoms with van der Waals surface area (Å²) < 4.78 is 0. The van der Waals surface area contributed by atoms with Crippen molar-refractivity contribution in [3.05, 3.63) is 46.1 Å². The molecule has 2 heteroatoms. The number of hydrogen-bond acceptors (Lipinski definition) is 0. The van der Waals surface area contributed by atoms with Crippen molar-refractivity contribution in [1.82, 2.24) is 4.98 Å². The van der Waals surface area contributed by atoms with Crippen molar-refractivity contribution in [3.63, 3.8) is 0 Å². The predicted octanol–water partition coefficient (Wildman–Crippen LogP) is 2.16. The van der Waals surface area contributed by atoms with Gasteiger partial charge >= 0.3 is 0 Å². The first-order chi connectivity index (χ1) is 6.66. The van der Waals surface area contributed by atoms with E-state index >= 15 is 0 Å². The molecule has 0 amide bonds. The normalized spacial score (nSPS) is 10.4. The van der Waals surface area contributed by atoms with Crippen molar-refractivity contribution >= 4 is 24.8 Å². The monoisotopic (exact) mass is 203 g/mol. The van der Waals surface area contributed by atoms with Gasteiger partial charge in [0.1, 0.15) is 0 Å². The molecule has 0 spiro atoms. The molecule has 0 aliphatic carbocycles. The van der Waals surface area contributed by atoms with Gasteiger partial charge in [-0.3, -0.25) is 0 Å². The van der Waals surface area contributed by atoms with Crippen LogP contribution in [0.3, 0.4) is 0 Å². The van der Waals surface area contributed by atoms with Gasteiger partial charge in [0.15, 0.2) is 0 Å². The second kappa shape index (κ2) is 3.35. The van der Waals surface area contributed by atoms with Crippen molar-refractivity contribution in [2.24, 2.45) is 0 Å². The highest BCUT2D eigenvalue weighted by atomic mass is 35.5. The van der Waals surface area contributed by atoms with Crippen LogP contribution in [0.2, 0.25) is 5.02 Å². The van der Waals surface area contributed by atoms with Gasteiger partial charge in [-0.25, -0.2) is 0 Å². The van der Waals surface area contributed by atoms with Crippen LogP contribution in [-0.2, 0) is 0 Å². The Bertz CT molecular complexity index is 537. The third-order valence-corrected chi connectivity index (χ3v) is 2.36. The van der Waals surface area contributed by atoms with E-state index in [1.807, 2.05) is 30.3 Å². The zero-order valence-corrected chi connectivity index (χ0v) is 8.43. The molecule has 14 heavy (non-hydrogen) atoms. The van der Waals surface area contributed by atoms with Gasteiger partial charge in [-0.2, -0.15) is 0 Å². The van der Waals surface area contributed by atoms with Crippen LogP contribution >= 0.6 is 11.6 Å². The van der Waals surface area contributed by atoms with Crippen molar-refractivity contribution in [2.45, 2.75) is 0 Å². The first-order valence-electron chi connectivity index (χ1n) is 4.29. The van der Waals surface area contributed by atoms with Crippen LogP contribution < -0.4 is 10.7 Å². The maximum absolute atomic E-state index is 5.81.